The van der Waals surface area contributed by atoms with E-state index >= 15 is 0 Å². The van der Waals surface area contributed by atoms with E-state index in [9.17, 15) is 18.0 Å². The smallest absolute Gasteiger partial charge is 0.353 e. The van der Waals surface area contributed by atoms with Crippen LogP contribution in [0.2, 0.25) is 0 Å². The number of amides is 1. The van der Waals surface area contributed by atoms with Crippen molar-refractivity contribution in [2.45, 2.75) is 63.2 Å². The van der Waals surface area contributed by atoms with Crippen molar-refractivity contribution in [1.29, 1.82) is 0 Å². The van der Waals surface area contributed by atoms with Crippen LogP contribution in [0.15, 0.2) is 0 Å². The van der Waals surface area contributed by atoms with Crippen LogP contribution in [0.1, 0.15) is 49.7 Å². The number of nitrogens with zero attached hydrogens (tertiary/aromatic N) is 3. The van der Waals surface area contributed by atoms with Crippen LogP contribution in [0.4, 0.5) is 13.2 Å². The molecule has 1 unspecified atom stereocenters. The Kier molecular flexibility index (Phi) is 3.62. The highest BCUT2D eigenvalue weighted by Gasteiger charge is 2.33. The largest absolute Gasteiger partial charge is 0.397 e. The maximum absolute atomic E-state index is 12.2. The summed E-state index contributed by atoms with van der Waals surface area (Å²) in [7, 11) is 0. The molecule has 1 fully saturated rings. The molecular formula is C13H17F3N4O. The quantitative estimate of drug-likeness (QED) is 0.928. The number of rotatable bonds is 3. The number of nitrogens with one attached hydrogen (secondary N) is 1. The third kappa shape index (κ3) is 3.54. The molecule has 116 valence electrons. The van der Waals surface area contributed by atoms with E-state index in [-0.39, 0.29) is 6.04 Å². The van der Waals surface area contributed by atoms with Gasteiger partial charge < -0.3 is 9.88 Å². The van der Waals surface area contributed by atoms with Crippen LogP contribution >= 0.6 is 0 Å². The number of carbonyl (C=O) groups excluding carboxylic acids is 1. The summed E-state index contributed by atoms with van der Waals surface area (Å²) in [6, 6.07) is -0.228. The van der Waals surface area contributed by atoms with Crippen LogP contribution < -0.4 is 5.32 Å². The van der Waals surface area contributed by atoms with Crippen LogP contribution in [0, 0.1) is 0 Å². The highest BCUT2D eigenvalue weighted by Crippen LogP contribution is 2.39. The minimum atomic E-state index is -4.45. The Morgan fingerprint density at radius 2 is 2.00 bits per heavy atom. The summed E-state index contributed by atoms with van der Waals surface area (Å²) < 4.78 is 38.6. The van der Waals surface area contributed by atoms with Crippen molar-refractivity contribution in [2.75, 3.05) is 0 Å². The Morgan fingerprint density at radius 1 is 1.24 bits per heavy atom. The van der Waals surface area contributed by atoms with Gasteiger partial charge in [0.25, 0.3) is 0 Å². The fourth-order valence-corrected chi connectivity index (χ4v) is 2.76. The lowest BCUT2D eigenvalue weighted by atomic mass is 10.1. The average molecular weight is 302 g/mol. The number of hydrogen-bond acceptors (Lipinski definition) is 3. The summed E-state index contributed by atoms with van der Waals surface area (Å²) >= 11 is 0. The van der Waals surface area contributed by atoms with E-state index in [0.717, 1.165) is 24.5 Å². The standard InChI is InChI=1S/C13H17F3N4O/c14-13(15,16)7-11(21)17-9-3-4-10-18-19-12(8-1-2-8)20(10)6-5-9/h8-9H,1-7H2,(H,17,21). The van der Waals surface area contributed by atoms with Gasteiger partial charge in [0, 0.05) is 24.9 Å². The maximum Gasteiger partial charge on any atom is 0.397 e. The van der Waals surface area contributed by atoms with E-state index in [0.29, 0.717) is 31.7 Å². The summed E-state index contributed by atoms with van der Waals surface area (Å²) in [4.78, 5) is 11.4. The molecule has 1 N–H and O–H groups in total. The molecule has 1 aromatic rings. The third-order valence-corrected chi connectivity index (χ3v) is 3.94. The lowest BCUT2D eigenvalue weighted by Gasteiger charge is -2.16. The molecule has 1 atom stereocenters. The Labute approximate surface area is 119 Å². The molecule has 1 aromatic heterocycles. The molecule has 1 saturated carbocycles. The Balaban J connectivity index is 1.58. The molecule has 0 bridgehead atoms. The average Bonchev–Trinajstić information content (AvgIpc) is 3.15. The Morgan fingerprint density at radius 3 is 2.67 bits per heavy atom. The maximum atomic E-state index is 12.2. The molecule has 2 heterocycles. The number of fused-ring (bicyclic) bond motifs is 1. The van der Waals surface area contributed by atoms with Crippen molar-refractivity contribution < 1.29 is 18.0 Å². The van der Waals surface area contributed by atoms with E-state index < -0.39 is 18.5 Å². The molecule has 21 heavy (non-hydrogen) atoms. The topological polar surface area (TPSA) is 59.8 Å². The molecule has 3 rings (SSSR count). The first-order valence-corrected chi connectivity index (χ1v) is 7.20. The Bertz CT molecular complexity index is 536. The first-order valence-electron chi connectivity index (χ1n) is 7.20. The highest BCUT2D eigenvalue weighted by molar-refractivity contribution is 5.76. The second-order valence-corrected chi connectivity index (χ2v) is 5.78. The van der Waals surface area contributed by atoms with E-state index in [4.69, 9.17) is 0 Å². The number of hydrogen-bond donors (Lipinski definition) is 1. The number of alkyl halides is 3. The summed E-state index contributed by atoms with van der Waals surface area (Å²) in [5.41, 5.74) is 0. The van der Waals surface area contributed by atoms with Crippen LogP contribution in [0.3, 0.4) is 0 Å². The molecule has 1 aliphatic heterocycles. The lowest BCUT2D eigenvalue weighted by Crippen LogP contribution is -2.37. The molecule has 0 radical (unpaired) electrons. The minimum absolute atomic E-state index is 0.228. The second kappa shape index (κ2) is 5.31. The molecule has 1 aliphatic carbocycles. The van der Waals surface area contributed by atoms with Gasteiger partial charge >= 0.3 is 6.18 Å². The zero-order chi connectivity index (χ0) is 15.0. The van der Waals surface area contributed by atoms with Gasteiger partial charge in [0.15, 0.2) is 0 Å². The summed E-state index contributed by atoms with van der Waals surface area (Å²) in [5, 5.41) is 10.9. The van der Waals surface area contributed by atoms with Gasteiger partial charge in [0.1, 0.15) is 18.1 Å². The molecule has 2 aliphatic rings. The predicted octanol–water partition coefficient (Wildman–Crippen LogP) is 1.93. The molecule has 1 amide bonds. The van der Waals surface area contributed by atoms with Crippen LogP contribution in [0.25, 0.3) is 0 Å². The normalized spacial score (nSPS) is 22.5. The predicted molar refractivity (Wildman–Crippen MR) is 67.5 cm³/mol. The summed E-state index contributed by atoms with van der Waals surface area (Å²) in [5.74, 6) is 1.41. The van der Waals surface area contributed by atoms with Crippen LogP contribution in [0.5, 0.6) is 0 Å². The third-order valence-electron chi connectivity index (χ3n) is 3.94. The summed E-state index contributed by atoms with van der Waals surface area (Å²) in [6.45, 7) is 0.658. The van der Waals surface area contributed by atoms with E-state index in [1.54, 1.807) is 0 Å². The monoisotopic (exact) mass is 302 g/mol. The van der Waals surface area contributed by atoms with Gasteiger partial charge in [-0.05, 0) is 25.7 Å². The van der Waals surface area contributed by atoms with Gasteiger partial charge in [-0.2, -0.15) is 13.2 Å². The van der Waals surface area contributed by atoms with Gasteiger partial charge in [0.2, 0.25) is 5.91 Å². The van der Waals surface area contributed by atoms with Crippen LogP contribution in [-0.2, 0) is 17.8 Å². The molecule has 0 spiro atoms. The molecule has 0 saturated heterocycles. The zero-order valence-electron chi connectivity index (χ0n) is 11.5. The highest BCUT2D eigenvalue weighted by atomic mass is 19.4. The molecule has 8 heteroatoms. The Hall–Kier alpha value is -1.60. The SMILES string of the molecule is O=C(CC(F)(F)F)NC1CCc2nnc(C3CC3)n2CC1. The zero-order valence-corrected chi connectivity index (χ0v) is 11.5. The van der Waals surface area contributed by atoms with Crippen molar-refractivity contribution >= 4 is 5.91 Å². The van der Waals surface area contributed by atoms with Crippen LogP contribution in [-0.4, -0.2) is 32.9 Å². The minimum Gasteiger partial charge on any atom is -0.353 e. The van der Waals surface area contributed by atoms with Crippen molar-refractivity contribution in [3.63, 3.8) is 0 Å². The summed E-state index contributed by atoms with van der Waals surface area (Å²) in [6.07, 6.45) is -1.75. The number of halogens is 3. The molecule has 0 aromatic carbocycles. The first kappa shape index (κ1) is 14.3. The van der Waals surface area contributed by atoms with Gasteiger partial charge in [-0.1, -0.05) is 0 Å². The first-order chi connectivity index (χ1) is 9.92. The number of carbonyl (C=O) groups is 1. The van der Waals surface area contributed by atoms with Crippen molar-refractivity contribution in [1.82, 2.24) is 20.1 Å². The van der Waals surface area contributed by atoms with Gasteiger partial charge in [0.05, 0.1) is 0 Å². The number of aryl methyl sites for hydroxylation is 1. The fourth-order valence-electron chi connectivity index (χ4n) is 2.76. The molecule has 5 nitrogen and oxygen atoms in total. The second-order valence-electron chi connectivity index (χ2n) is 5.78. The van der Waals surface area contributed by atoms with Crippen molar-refractivity contribution in [2.24, 2.45) is 0 Å². The van der Waals surface area contributed by atoms with Gasteiger partial charge in [-0.25, -0.2) is 0 Å². The fraction of sp³-hybridized carbons (Fsp3) is 0.769. The van der Waals surface area contributed by atoms with E-state index in [1.807, 2.05) is 0 Å². The van der Waals surface area contributed by atoms with E-state index in [2.05, 4.69) is 20.1 Å². The number of aromatic nitrogens is 3. The molecular weight excluding hydrogens is 285 g/mol. The van der Waals surface area contributed by atoms with E-state index in [1.165, 1.54) is 0 Å². The van der Waals surface area contributed by atoms with Gasteiger partial charge in [-0.15, -0.1) is 10.2 Å². The van der Waals surface area contributed by atoms with Crippen molar-refractivity contribution in [3.05, 3.63) is 11.6 Å². The van der Waals surface area contributed by atoms with Crippen molar-refractivity contribution in [3.8, 4) is 0 Å². The van der Waals surface area contributed by atoms with Gasteiger partial charge in [-0.3, -0.25) is 4.79 Å². The lowest BCUT2D eigenvalue weighted by molar-refractivity contribution is -0.154.